The third-order valence-corrected chi connectivity index (χ3v) is 7.23. The first-order valence-electron chi connectivity index (χ1n) is 11.6. The van der Waals surface area contributed by atoms with E-state index >= 15 is 0 Å². The molecule has 0 saturated heterocycles. The molecule has 4 aromatic rings. The minimum absolute atomic E-state index is 0.0394. The second-order valence-corrected chi connectivity index (χ2v) is 10.0. The summed E-state index contributed by atoms with van der Waals surface area (Å²) < 4.78 is 27.5. The first kappa shape index (κ1) is 26.2. The van der Waals surface area contributed by atoms with Gasteiger partial charge in [-0.2, -0.15) is 5.10 Å². The molecule has 9 nitrogen and oxygen atoms in total. The summed E-state index contributed by atoms with van der Waals surface area (Å²) in [6.07, 6.45) is 1.45. The molecule has 0 saturated carbocycles. The second kappa shape index (κ2) is 11.9. The van der Waals surface area contributed by atoms with E-state index in [0.717, 1.165) is 4.31 Å². The van der Waals surface area contributed by atoms with Crippen LogP contribution in [0.5, 0.6) is 0 Å². The molecular weight excluding hydrogens is 502 g/mol. The Kier molecular flexibility index (Phi) is 8.24. The zero-order chi connectivity index (χ0) is 27.0. The van der Waals surface area contributed by atoms with Gasteiger partial charge in [0.25, 0.3) is 21.8 Å². The smallest absolute Gasteiger partial charge is 0.265 e. The van der Waals surface area contributed by atoms with Crippen molar-refractivity contribution < 1.29 is 18.0 Å². The van der Waals surface area contributed by atoms with Crippen LogP contribution in [0.4, 0.5) is 11.5 Å². The third-order valence-electron chi connectivity index (χ3n) is 5.47. The van der Waals surface area contributed by atoms with Gasteiger partial charge in [-0.15, -0.1) is 0 Å². The maximum atomic E-state index is 13.3. The molecule has 2 N–H and O–H groups in total. The number of sulfonamides is 1. The first-order valence-corrected chi connectivity index (χ1v) is 13.1. The Morgan fingerprint density at radius 3 is 2.08 bits per heavy atom. The molecule has 0 spiro atoms. The van der Waals surface area contributed by atoms with Crippen molar-refractivity contribution in [3.63, 3.8) is 0 Å². The van der Waals surface area contributed by atoms with E-state index in [1.165, 1.54) is 24.4 Å². The second-order valence-electron chi connectivity index (χ2n) is 8.14. The van der Waals surface area contributed by atoms with Crippen molar-refractivity contribution in [2.75, 3.05) is 16.2 Å². The number of nitrogens with one attached hydrogen (secondary N) is 2. The quantitative estimate of drug-likeness (QED) is 0.251. The maximum absolute atomic E-state index is 13.3. The number of anilines is 2. The van der Waals surface area contributed by atoms with Crippen LogP contribution in [0.1, 0.15) is 22.8 Å². The van der Waals surface area contributed by atoms with E-state index in [2.05, 4.69) is 20.8 Å². The normalized spacial score (nSPS) is 11.4. The molecule has 0 aliphatic rings. The van der Waals surface area contributed by atoms with Crippen molar-refractivity contribution >= 4 is 39.1 Å². The van der Waals surface area contributed by atoms with Crippen LogP contribution in [0.15, 0.2) is 119 Å². The van der Waals surface area contributed by atoms with E-state index in [1.807, 2.05) is 6.07 Å². The number of amides is 2. The Balaban J connectivity index is 1.44. The number of benzene rings is 3. The number of rotatable bonds is 9. The summed E-state index contributed by atoms with van der Waals surface area (Å²) >= 11 is 0. The number of aromatic nitrogens is 1. The van der Waals surface area contributed by atoms with Crippen molar-refractivity contribution in [1.82, 2.24) is 10.4 Å². The van der Waals surface area contributed by atoms with E-state index in [4.69, 9.17) is 0 Å². The average molecular weight is 528 g/mol. The topological polar surface area (TPSA) is 121 Å². The van der Waals surface area contributed by atoms with Crippen molar-refractivity contribution in [3.05, 3.63) is 120 Å². The summed E-state index contributed by atoms with van der Waals surface area (Å²) in [7, 11) is -4.05. The van der Waals surface area contributed by atoms with E-state index in [9.17, 15) is 18.0 Å². The Labute approximate surface area is 220 Å². The van der Waals surface area contributed by atoms with Gasteiger partial charge in [-0.3, -0.25) is 9.59 Å². The molecule has 0 fully saturated rings. The van der Waals surface area contributed by atoms with E-state index in [-0.39, 0.29) is 16.6 Å². The number of hydrogen-bond donors (Lipinski definition) is 2. The van der Waals surface area contributed by atoms with Crippen LogP contribution in [0.3, 0.4) is 0 Å². The van der Waals surface area contributed by atoms with E-state index in [1.54, 1.807) is 85.8 Å². The predicted octanol–water partition coefficient (Wildman–Crippen LogP) is 4.07. The summed E-state index contributed by atoms with van der Waals surface area (Å²) in [5, 5.41) is 6.94. The summed E-state index contributed by atoms with van der Waals surface area (Å²) in [6, 6.07) is 28.5. The highest BCUT2D eigenvalue weighted by atomic mass is 32.2. The fraction of sp³-hybridized carbons (Fsp3) is 0.0714. The zero-order valence-electron chi connectivity index (χ0n) is 20.5. The Bertz CT molecular complexity index is 1530. The molecule has 0 atom stereocenters. The summed E-state index contributed by atoms with van der Waals surface area (Å²) in [4.78, 5) is 29.2. The van der Waals surface area contributed by atoms with Gasteiger partial charge in [-0.25, -0.2) is 23.1 Å². The monoisotopic (exact) mass is 527 g/mol. The highest BCUT2D eigenvalue weighted by molar-refractivity contribution is 7.92. The van der Waals surface area contributed by atoms with Crippen LogP contribution in [0.25, 0.3) is 0 Å². The summed E-state index contributed by atoms with van der Waals surface area (Å²) in [5.41, 5.74) is 4.78. The average Bonchev–Trinajstić information content (AvgIpc) is 2.96. The van der Waals surface area contributed by atoms with Gasteiger partial charge in [-0.1, -0.05) is 54.6 Å². The van der Waals surface area contributed by atoms with Crippen LogP contribution in [-0.4, -0.2) is 37.5 Å². The molecule has 0 aliphatic heterocycles. The minimum Gasteiger partial charge on any atom is -0.322 e. The molecular formula is C28H25N5O4S. The SMILES string of the molecule is C/C(=N/NC(=O)CN(c1ccccn1)S(=O)(=O)c1ccccc1)c1ccc(NC(=O)c2ccccc2)cc1. The number of hydrogen-bond acceptors (Lipinski definition) is 6. The van der Waals surface area contributed by atoms with Gasteiger partial charge >= 0.3 is 0 Å². The molecule has 0 unspecified atom stereocenters. The number of carbonyl (C=O) groups is 2. The Hall–Kier alpha value is -4.83. The van der Waals surface area contributed by atoms with Gasteiger partial charge in [-0.05, 0) is 61.0 Å². The molecule has 2 amide bonds. The number of pyridine rings is 1. The molecule has 3 aromatic carbocycles. The largest absolute Gasteiger partial charge is 0.322 e. The van der Waals surface area contributed by atoms with Crippen LogP contribution >= 0.6 is 0 Å². The molecule has 10 heteroatoms. The summed E-state index contributed by atoms with van der Waals surface area (Å²) in [5.74, 6) is -0.750. The number of nitrogens with zero attached hydrogens (tertiary/aromatic N) is 3. The first-order chi connectivity index (χ1) is 18.3. The number of carbonyl (C=O) groups excluding carboxylic acids is 2. The molecule has 0 aliphatic carbocycles. The molecule has 38 heavy (non-hydrogen) atoms. The Morgan fingerprint density at radius 1 is 0.816 bits per heavy atom. The van der Waals surface area contributed by atoms with Crippen molar-refractivity contribution in [2.24, 2.45) is 5.10 Å². The lowest BCUT2D eigenvalue weighted by atomic mass is 10.1. The van der Waals surface area contributed by atoms with Gasteiger partial charge in [0.05, 0.1) is 10.6 Å². The lowest BCUT2D eigenvalue weighted by molar-refractivity contribution is -0.119. The molecule has 1 aromatic heterocycles. The molecule has 4 rings (SSSR count). The lowest BCUT2D eigenvalue weighted by Gasteiger charge is -2.22. The highest BCUT2D eigenvalue weighted by Crippen LogP contribution is 2.21. The summed E-state index contributed by atoms with van der Waals surface area (Å²) in [6.45, 7) is 1.19. The van der Waals surface area contributed by atoms with Gasteiger partial charge < -0.3 is 5.32 Å². The zero-order valence-corrected chi connectivity index (χ0v) is 21.3. The van der Waals surface area contributed by atoms with Crippen LogP contribution in [0.2, 0.25) is 0 Å². The minimum atomic E-state index is -4.05. The highest BCUT2D eigenvalue weighted by Gasteiger charge is 2.27. The standard InChI is InChI=1S/C28H25N5O4S/c1-21(22-15-17-24(18-16-22)30-28(35)23-10-4-2-5-11-23)31-32-27(34)20-33(26-14-8-9-19-29-26)38(36,37)25-12-6-3-7-13-25/h2-19H,20H2,1H3,(H,30,35)(H,32,34)/b31-21-. The molecule has 0 radical (unpaired) electrons. The predicted molar refractivity (Wildman–Crippen MR) is 146 cm³/mol. The van der Waals surface area contributed by atoms with Crippen LogP contribution in [0, 0.1) is 0 Å². The van der Waals surface area contributed by atoms with Crippen LogP contribution in [-0.2, 0) is 14.8 Å². The fourth-order valence-electron chi connectivity index (χ4n) is 3.47. The van der Waals surface area contributed by atoms with E-state index in [0.29, 0.717) is 22.5 Å². The van der Waals surface area contributed by atoms with Crippen molar-refractivity contribution in [2.45, 2.75) is 11.8 Å². The van der Waals surface area contributed by atoms with Crippen LogP contribution < -0.4 is 15.0 Å². The van der Waals surface area contributed by atoms with Gasteiger partial charge in [0.15, 0.2) is 0 Å². The Morgan fingerprint density at radius 2 is 1.45 bits per heavy atom. The molecule has 192 valence electrons. The van der Waals surface area contributed by atoms with Crippen molar-refractivity contribution in [3.8, 4) is 0 Å². The third kappa shape index (κ3) is 6.48. The van der Waals surface area contributed by atoms with E-state index < -0.39 is 22.5 Å². The lowest BCUT2D eigenvalue weighted by Crippen LogP contribution is -2.40. The maximum Gasteiger partial charge on any atom is 0.265 e. The van der Waals surface area contributed by atoms with Gasteiger partial charge in [0, 0.05) is 17.4 Å². The fourth-order valence-corrected chi connectivity index (χ4v) is 4.87. The molecule has 1 heterocycles. The number of hydrazone groups is 1. The van der Waals surface area contributed by atoms with Gasteiger partial charge in [0.2, 0.25) is 0 Å². The van der Waals surface area contributed by atoms with Crippen molar-refractivity contribution in [1.29, 1.82) is 0 Å². The molecule has 0 bridgehead atoms. The van der Waals surface area contributed by atoms with Gasteiger partial charge in [0.1, 0.15) is 12.4 Å².